The number of aromatic nitrogens is 2. The molecule has 0 saturated carbocycles. The molecule has 1 amide bonds. The molecule has 158 valence electrons. The average molecular weight is 450 g/mol. The lowest BCUT2D eigenvalue weighted by atomic mass is 10.1. The van der Waals surface area contributed by atoms with Crippen LogP contribution in [0.3, 0.4) is 0 Å². The van der Waals surface area contributed by atoms with Gasteiger partial charge in [-0.2, -0.15) is 0 Å². The quantitative estimate of drug-likeness (QED) is 0.316. The molecule has 0 saturated heterocycles. The number of rotatable bonds is 8. The van der Waals surface area contributed by atoms with E-state index in [1.807, 2.05) is 73.0 Å². The van der Waals surface area contributed by atoms with E-state index >= 15 is 0 Å². The number of hydrogen-bond donors (Lipinski definition) is 1. The molecule has 5 nitrogen and oxygen atoms in total. The molecule has 0 unspecified atom stereocenters. The molecule has 0 spiro atoms. The maximum absolute atomic E-state index is 13.2. The summed E-state index contributed by atoms with van der Waals surface area (Å²) >= 11 is 2.77. The molecule has 4 aromatic rings. The first-order valence-corrected chi connectivity index (χ1v) is 12.0. The van der Waals surface area contributed by atoms with Crippen molar-refractivity contribution in [3.63, 3.8) is 0 Å². The fourth-order valence-corrected chi connectivity index (χ4v) is 5.28. The van der Waals surface area contributed by atoms with Gasteiger partial charge in [0.25, 0.3) is 5.56 Å². The zero-order chi connectivity index (χ0) is 21.6. The van der Waals surface area contributed by atoms with Crippen molar-refractivity contribution >= 4 is 39.2 Å². The van der Waals surface area contributed by atoms with Gasteiger partial charge in [0.05, 0.1) is 11.1 Å². The number of hydrogen-bond acceptors (Lipinski definition) is 5. The van der Waals surface area contributed by atoms with Gasteiger partial charge in [0, 0.05) is 24.0 Å². The molecule has 0 atom stereocenters. The number of amides is 1. The molecule has 2 aromatic heterocycles. The van der Waals surface area contributed by atoms with Crippen LogP contribution in [-0.4, -0.2) is 27.8 Å². The molecule has 2 heterocycles. The highest BCUT2D eigenvalue weighted by molar-refractivity contribution is 7.99. The Labute approximate surface area is 189 Å². The second-order valence-electron chi connectivity index (χ2n) is 7.01. The van der Waals surface area contributed by atoms with Gasteiger partial charge >= 0.3 is 0 Å². The molecule has 0 radical (unpaired) electrons. The SMILES string of the molecule is CCn1c(SCC(=O)NCCc2ccccc2)nc2scc(-c3ccccc3)c2c1=O. The van der Waals surface area contributed by atoms with Gasteiger partial charge in [-0.25, -0.2) is 4.98 Å². The van der Waals surface area contributed by atoms with Crippen LogP contribution in [0.2, 0.25) is 0 Å². The van der Waals surface area contributed by atoms with E-state index in [0.29, 0.717) is 28.5 Å². The molecule has 0 bridgehead atoms. The summed E-state index contributed by atoms with van der Waals surface area (Å²) in [6.07, 6.45) is 0.790. The summed E-state index contributed by atoms with van der Waals surface area (Å²) in [6, 6.07) is 19.9. The highest BCUT2D eigenvalue weighted by Crippen LogP contribution is 2.32. The Balaban J connectivity index is 1.48. The smallest absolute Gasteiger partial charge is 0.263 e. The standard InChI is InChI=1S/C24H23N3O2S2/c1-2-27-23(29)21-19(18-11-7-4-8-12-18)15-30-22(21)26-24(27)31-16-20(28)25-14-13-17-9-5-3-6-10-17/h3-12,15H,2,13-14,16H2,1H3,(H,25,28). The number of benzene rings is 2. The third kappa shape index (κ3) is 4.89. The van der Waals surface area contributed by atoms with E-state index in [1.165, 1.54) is 28.7 Å². The van der Waals surface area contributed by atoms with Crippen LogP contribution in [0.15, 0.2) is 76.0 Å². The van der Waals surface area contributed by atoms with Crippen molar-refractivity contribution in [1.29, 1.82) is 0 Å². The Morgan fingerprint density at radius 2 is 1.81 bits per heavy atom. The number of carbonyl (C=O) groups excluding carboxylic acids is 1. The predicted octanol–water partition coefficient (Wildman–Crippen LogP) is 4.60. The lowest BCUT2D eigenvalue weighted by Gasteiger charge is -2.11. The molecule has 4 rings (SSSR count). The van der Waals surface area contributed by atoms with Gasteiger partial charge in [-0.3, -0.25) is 14.2 Å². The third-order valence-electron chi connectivity index (χ3n) is 4.97. The summed E-state index contributed by atoms with van der Waals surface area (Å²) in [5, 5.41) is 6.16. The molecule has 7 heteroatoms. The molecule has 0 fully saturated rings. The summed E-state index contributed by atoms with van der Waals surface area (Å²) in [5.41, 5.74) is 3.05. The number of thioether (sulfide) groups is 1. The average Bonchev–Trinajstić information content (AvgIpc) is 3.23. The van der Waals surface area contributed by atoms with E-state index in [1.54, 1.807) is 4.57 Å². The molecular formula is C24H23N3O2S2. The maximum Gasteiger partial charge on any atom is 0.263 e. The van der Waals surface area contributed by atoms with Gasteiger partial charge in [0.15, 0.2) is 5.16 Å². The van der Waals surface area contributed by atoms with Crippen LogP contribution in [0.5, 0.6) is 0 Å². The Morgan fingerprint density at radius 3 is 2.52 bits per heavy atom. The van der Waals surface area contributed by atoms with Crippen LogP contribution in [-0.2, 0) is 17.8 Å². The number of nitrogens with one attached hydrogen (secondary N) is 1. The van der Waals surface area contributed by atoms with E-state index in [0.717, 1.165) is 17.5 Å². The summed E-state index contributed by atoms with van der Waals surface area (Å²) in [4.78, 5) is 31.0. The monoisotopic (exact) mass is 449 g/mol. The fourth-order valence-electron chi connectivity index (χ4n) is 3.40. The first-order valence-electron chi connectivity index (χ1n) is 10.2. The van der Waals surface area contributed by atoms with E-state index in [2.05, 4.69) is 5.32 Å². The summed E-state index contributed by atoms with van der Waals surface area (Å²) < 4.78 is 1.66. The second kappa shape index (κ2) is 9.94. The number of carbonyl (C=O) groups is 1. The Morgan fingerprint density at radius 1 is 1.10 bits per heavy atom. The van der Waals surface area contributed by atoms with Crippen LogP contribution in [0, 0.1) is 0 Å². The molecule has 31 heavy (non-hydrogen) atoms. The number of fused-ring (bicyclic) bond motifs is 1. The first kappa shape index (κ1) is 21.3. The number of nitrogens with zero attached hydrogens (tertiary/aromatic N) is 2. The van der Waals surface area contributed by atoms with E-state index in [-0.39, 0.29) is 17.2 Å². The van der Waals surface area contributed by atoms with E-state index in [4.69, 9.17) is 4.98 Å². The molecule has 1 N–H and O–H groups in total. The van der Waals surface area contributed by atoms with Gasteiger partial charge in [-0.15, -0.1) is 11.3 Å². The Hall–Kier alpha value is -2.90. The zero-order valence-corrected chi connectivity index (χ0v) is 18.8. The van der Waals surface area contributed by atoms with Crippen LogP contribution in [0.25, 0.3) is 21.3 Å². The normalized spacial score (nSPS) is 11.0. The lowest BCUT2D eigenvalue weighted by Crippen LogP contribution is -2.28. The van der Waals surface area contributed by atoms with Crippen LogP contribution in [0.4, 0.5) is 0 Å². The van der Waals surface area contributed by atoms with Crippen molar-refractivity contribution in [2.24, 2.45) is 0 Å². The third-order valence-corrected chi connectivity index (χ3v) is 6.82. The van der Waals surface area contributed by atoms with Crippen molar-refractivity contribution < 1.29 is 4.79 Å². The predicted molar refractivity (Wildman–Crippen MR) is 129 cm³/mol. The lowest BCUT2D eigenvalue weighted by molar-refractivity contribution is -0.118. The van der Waals surface area contributed by atoms with Gasteiger partial charge < -0.3 is 5.32 Å². The minimum Gasteiger partial charge on any atom is -0.355 e. The van der Waals surface area contributed by atoms with E-state index < -0.39 is 0 Å². The van der Waals surface area contributed by atoms with Crippen molar-refractivity contribution in [3.05, 3.63) is 82.0 Å². The van der Waals surface area contributed by atoms with Crippen molar-refractivity contribution in [1.82, 2.24) is 14.9 Å². The Kier molecular flexibility index (Phi) is 6.84. The minimum absolute atomic E-state index is 0.0559. The van der Waals surface area contributed by atoms with Gasteiger partial charge in [0.2, 0.25) is 5.91 Å². The summed E-state index contributed by atoms with van der Waals surface area (Å²) in [5.74, 6) is 0.165. The van der Waals surface area contributed by atoms with E-state index in [9.17, 15) is 9.59 Å². The van der Waals surface area contributed by atoms with Crippen LogP contribution < -0.4 is 10.9 Å². The molecule has 0 aliphatic carbocycles. The second-order valence-corrected chi connectivity index (χ2v) is 8.81. The highest BCUT2D eigenvalue weighted by atomic mass is 32.2. The fraction of sp³-hybridized carbons (Fsp3) is 0.208. The van der Waals surface area contributed by atoms with Crippen molar-refractivity contribution in [2.45, 2.75) is 25.0 Å². The van der Waals surface area contributed by atoms with Gasteiger partial charge in [0.1, 0.15) is 4.83 Å². The topological polar surface area (TPSA) is 64.0 Å². The summed E-state index contributed by atoms with van der Waals surface area (Å²) in [6.45, 7) is 3.01. The first-order chi connectivity index (χ1) is 15.2. The van der Waals surface area contributed by atoms with Crippen LogP contribution >= 0.6 is 23.1 Å². The maximum atomic E-state index is 13.2. The molecular weight excluding hydrogens is 426 g/mol. The van der Waals surface area contributed by atoms with Gasteiger partial charge in [-0.05, 0) is 24.5 Å². The Bertz CT molecular complexity index is 1230. The van der Waals surface area contributed by atoms with Crippen LogP contribution in [0.1, 0.15) is 12.5 Å². The zero-order valence-electron chi connectivity index (χ0n) is 17.2. The molecule has 0 aliphatic rings. The summed E-state index contributed by atoms with van der Waals surface area (Å²) in [7, 11) is 0. The minimum atomic E-state index is -0.0610. The van der Waals surface area contributed by atoms with Crippen molar-refractivity contribution in [2.75, 3.05) is 12.3 Å². The molecule has 2 aromatic carbocycles. The molecule has 0 aliphatic heterocycles. The highest BCUT2D eigenvalue weighted by Gasteiger charge is 2.17. The largest absolute Gasteiger partial charge is 0.355 e. The number of thiophene rings is 1. The van der Waals surface area contributed by atoms with Crippen molar-refractivity contribution in [3.8, 4) is 11.1 Å². The van der Waals surface area contributed by atoms with Gasteiger partial charge in [-0.1, -0.05) is 72.4 Å².